The normalized spacial score (nSPS) is 40.3. The molecule has 0 unspecified atom stereocenters. The van der Waals surface area contributed by atoms with Crippen molar-refractivity contribution in [2.24, 2.45) is 21.7 Å². The summed E-state index contributed by atoms with van der Waals surface area (Å²) in [5, 5.41) is 0. The minimum Gasteiger partial charge on any atom is -0.294 e. The van der Waals surface area contributed by atoms with Crippen molar-refractivity contribution in [1.82, 2.24) is 0 Å². The minimum absolute atomic E-state index is 0.422. The Morgan fingerprint density at radius 1 is 1.33 bits per heavy atom. The van der Waals surface area contributed by atoms with Crippen molar-refractivity contribution in [3.63, 3.8) is 0 Å². The molecule has 0 saturated heterocycles. The van der Waals surface area contributed by atoms with Gasteiger partial charge in [-0.1, -0.05) is 34.1 Å². The van der Waals surface area contributed by atoms with Gasteiger partial charge in [-0.15, -0.1) is 0 Å². The highest BCUT2D eigenvalue weighted by Crippen LogP contribution is 2.63. The molecule has 0 aromatic heterocycles. The number of rotatable bonds is 3. The van der Waals surface area contributed by atoms with E-state index < -0.39 is 0 Å². The number of aliphatic imine (C=N–C) groups is 1. The summed E-state index contributed by atoms with van der Waals surface area (Å²) in [6, 6.07) is 0. The lowest BCUT2D eigenvalue weighted by atomic mass is 9.70. The Hall–Kier alpha value is -0.330. The van der Waals surface area contributed by atoms with Crippen LogP contribution in [-0.2, 0) is 0 Å². The smallest absolute Gasteiger partial charge is 0.0388 e. The van der Waals surface area contributed by atoms with Gasteiger partial charge in [-0.2, -0.15) is 0 Å². The quantitative estimate of drug-likeness (QED) is 0.618. The van der Waals surface area contributed by atoms with Gasteiger partial charge in [0, 0.05) is 17.7 Å². The van der Waals surface area contributed by atoms with E-state index in [2.05, 4.69) is 27.7 Å². The molecule has 0 aromatic rings. The number of fused-ring (bicyclic) bond motifs is 2. The standard InChI is InChI=1S/C14H25N/c1-5-6-9-15-12-10-11-7-8-14(12,4)13(11,2)3/h11H,5-10H2,1-4H3/t11-,14+/m1/s1. The molecule has 2 atom stereocenters. The Balaban J connectivity index is 2.15. The Morgan fingerprint density at radius 2 is 2.07 bits per heavy atom. The van der Waals surface area contributed by atoms with Crippen LogP contribution in [0.1, 0.15) is 59.8 Å². The third-order valence-corrected chi connectivity index (χ3v) is 5.33. The number of unbranched alkanes of at least 4 members (excludes halogenated alkanes) is 1. The van der Waals surface area contributed by atoms with Crippen LogP contribution in [0.25, 0.3) is 0 Å². The SMILES string of the molecule is CCCCN=C1C[C@H]2CC[C@]1(C)C2(C)C. The van der Waals surface area contributed by atoms with Crippen molar-refractivity contribution in [2.45, 2.75) is 59.8 Å². The molecule has 86 valence electrons. The second-order valence-corrected chi connectivity index (χ2v) is 6.18. The van der Waals surface area contributed by atoms with Gasteiger partial charge in [0.1, 0.15) is 0 Å². The summed E-state index contributed by atoms with van der Waals surface area (Å²) in [7, 11) is 0. The molecule has 2 saturated carbocycles. The van der Waals surface area contributed by atoms with E-state index >= 15 is 0 Å². The summed E-state index contributed by atoms with van der Waals surface area (Å²) < 4.78 is 0. The average Bonchev–Trinajstić information content (AvgIpc) is 2.51. The van der Waals surface area contributed by atoms with Gasteiger partial charge >= 0.3 is 0 Å². The zero-order valence-electron chi connectivity index (χ0n) is 10.8. The van der Waals surface area contributed by atoms with E-state index in [1.165, 1.54) is 37.8 Å². The zero-order chi connectivity index (χ0) is 11.1. The van der Waals surface area contributed by atoms with E-state index in [-0.39, 0.29) is 0 Å². The summed E-state index contributed by atoms with van der Waals surface area (Å²) in [6.45, 7) is 10.7. The molecule has 15 heavy (non-hydrogen) atoms. The van der Waals surface area contributed by atoms with Crippen LogP contribution in [-0.4, -0.2) is 12.3 Å². The molecule has 0 aromatic carbocycles. The Morgan fingerprint density at radius 3 is 2.53 bits per heavy atom. The summed E-state index contributed by atoms with van der Waals surface area (Å²) >= 11 is 0. The first-order chi connectivity index (χ1) is 7.02. The number of hydrogen-bond acceptors (Lipinski definition) is 1. The van der Waals surface area contributed by atoms with Gasteiger partial charge in [-0.3, -0.25) is 4.99 Å². The van der Waals surface area contributed by atoms with Gasteiger partial charge in [0.2, 0.25) is 0 Å². The second-order valence-electron chi connectivity index (χ2n) is 6.18. The highest BCUT2D eigenvalue weighted by molar-refractivity contribution is 5.94. The average molecular weight is 207 g/mol. The van der Waals surface area contributed by atoms with Crippen molar-refractivity contribution in [2.75, 3.05) is 6.54 Å². The fourth-order valence-corrected chi connectivity index (χ4v) is 3.54. The molecule has 2 rings (SSSR count). The van der Waals surface area contributed by atoms with Gasteiger partial charge in [0.25, 0.3) is 0 Å². The van der Waals surface area contributed by atoms with E-state index in [1.54, 1.807) is 0 Å². The van der Waals surface area contributed by atoms with Crippen LogP contribution in [0.4, 0.5) is 0 Å². The van der Waals surface area contributed by atoms with Crippen LogP contribution in [0, 0.1) is 16.7 Å². The fraction of sp³-hybridized carbons (Fsp3) is 0.929. The molecule has 2 aliphatic carbocycles. The van der Waals surface area contributed by atoms with Crippen LogP contribution < -0.4 is 0 Å². The number of hydrogen-bond donors (Lipinski definition) is 0. The molecule has 0 N–H and O–H groups in total. The molecule has 1 heteroatoms. The lowest BCUT2D eigenvalue weighted by molar-refractivity contribution is 0.194. The van der Waals surface area contributed by atoms with Gasteiger partial charge < -0.3 is 0 Å². The highest BCUT2D eigenvalue weighted by atomic mass is 14.8. The molecular weight excluding hydrogens is 182 g/mol. The predicted molar refractivity (Wildman–Crippen MR) is 66.4 cm³/mol. The van der Waals surface area contributed by atoms with Gasteiger partial charge in [-0.25, -0.2) is 0 Å². The highest BCUT2D eigenvalue weighted by Gasteiger charge is 2.59. The zero-order valence-corrected chi connectivity index (χ0v) is 10.8. The van der Waals surface area contributed by atoms with Crippen LogP contribution in [0.2, 0.25) is 0 Å². The first kappa shape index (κ1) is 11.2. The van der Waals surface area contributed by atoms with E-state index in [1.807, 2.05) is 0 Å². The predicted octanol–water partition coefficient (Wildman–Crippen LogP) is 4.07. The van der Waals surface area contributed by atoms with Gasteiger partial charge in [0.15, 0.2) is 0 Å². The fourth-order valence-electron chi connectivity index (χ4n) is 3.54. The lowest BCUT2D eigenvalue weighted by Crippen LogP contribution is -2.32. The molecule has 0 amide bonds. The van der Waals surface area contributed by atoms with Crippen molar-refractivity contribution < 1.29 is 0 Å². The molecule has 0 spiro atoms. The monoisotopic (exact) mass is 207 g/mol. The molecular formula is C14H25N. The molecule has 2 bridgehead atoms. The van der Waals surface area contributed by atoms with E-state index in [4.69, 9.17) is 4.99 Å². The van der Waals surface area contributed by atoms with E-state index in [0.29, 0.717) is 10.8 Å². The third kappa shape index (κ3) is 1.46. The summed E-state index contributed by atoms with van der Waals surface area (Å²) in [5.74, 6) is 0.905. The summed E-state index contributed by atoms with van der Waals surface area (Å²) in [5.41, 5.74) is 2.46. The molecule has 2 aliphatic rings. The molecule has 1 nitrogen and oxygen atoms in total. The topological polar surface area (TPSA) is 12.4 Å². The molecule has 0 heterocycles. The summed E-state index contributed by atoms with van der Waals surface area (Å²) in [6.07, 6.45) is 6.60. The van der Waals surface area contributed by atoms with Gasteiger partial charge in [0.05, 0.1) is 0 Å². The maximum absolute atomic E-state index is 4.88. The van der Waals surface area contributed by atoms with Crippen molar-refractivity contribution in [3.05, 3.63) is 0 Å². The van der Waals surface area contributed by atoms with Crippen LogP contribution >= 0.6 is 0 Å². The van der Waals surface area contributed by atoms with Crippen LogP contribution in [0.3, 0.4) is 0 Å². The minimum atomic E-state index is 0.422. The largest absolute Gasteiger partial charge is 0.294 e. The van der Waals surface area contributed by atoms with Crippen LogP contribution in [0.5, 0.6) is 0 Å². The first-order valence-electron chi connectivity index (χ1n) is 6.56. The van der Waals surface area contributed by atoms with E-state index in [9.17, 15) is 0 Å². The second kappa shape index (κ2) is 3.61. The first-order valence-corrected chi connectivity index (χ1v) is 6.56. The third-order valence-electron chi connectivity index (χ3n) is 5.33. The van der Waals surface area contributed by atoms with Crippen molar-refractivity contribution in [3.8, 4) is 0 Å². The van der Waals surface area contributed by atoms with Gasteiger partial charge in [-0.05, 0) is 37.0 Å². The Bertz CT molecular complexity index is 277. The number of nitrogens with zero attached hydrogens (tertiary/aromatic N) is 1. The molecule has 0 radical (unpaired) electrons. The Labute approximate surface area is 94.4 Å². The van der Waals surface area contributed by atoms with Crippen molar-refractivity contribution in [1.29, 1.82) is 0 Å². The maximum atomic E-state index is 4.88. The molecule has 2 fully saturated rings. The lowest BCUT2D eigenvalue weighted by Gasteiger charge is -2.34. The Kier molecular flexibility index (Phi) is 2.68. The van der Waals surface area contributed by atoms with Crippen LogP contribution in [0.15, 0.2) is 4.99 Å². The molecule has 0 aliphatic heterocycles. The van der Waals surface area contributed by atoms with Crippen molar-refractivity contribution >= 4 is 5.71 Å². The summed E-state index contributed by atoms with van der Waals surface area (Å²) in [4.78, 5) is 4.88. The van der Waals surface area contributed by atoms with E-state index in [0.717, 1.165) is 12.5 Å². The maximum Gasteiger partial charge on any atom is 0.0388 e.